The Morgan fingerprint density at radius 2 is 1.97 bits per heavy atom. The average molecular weight is 440 g/mol. The molecular weight excluding hydrogens is 410 g/mol. The number of nitrogens with two attached hydrogens (primary N) is 1. The fourth-order valence-electron chi connectivity index (χ4n) is 4.02. The largest absolute Gasteiger partial charge is 0.379 e. The lowest BCUT2D eigenvalue weighted by atomic mass is 10.2. The number of ether oxygens (including phenoxy) is 1. The molecule has 2 amide bonds. The van der Waals surface area contributed by atoms with Gasteiger partial charge in [-0.2, -0.15) is 5.10 Å². The molecule has 4 rings (SSSR count). The lowest BCUT2D eigenvalue weighted by Gasteiger charge is -2.26. The van der Waals surface area contributed by atoms with Crippen molar-refractivity contribution in [3.8, 4) is 0 Å². The van der Waals surface area contributed by atoms with E-state index in [0.717, 1.165) is 50.5 Å². The van der Waals surface area contributed by atoms with Gasteiger partial charge in [0.15, 0.2) is 0 Å². The minimum atomic E-state index is -0.512. The lowest BCUT2D eigenvalue weighted by Crippen LogP contribution is -2.37. The third kappa shape index (κ3) is 4.66. The number of aromatic nitrogens is 4. The van der Waals surface area contributed by atoms with E-state index in [9.17, 15) is 9.59 Å². The van der Waals surface area contributed by atoms with Crippen LogP contribution in [0.2, 0.25) is 0 Å². The van der Waals surface area contributed by atoms with Crippen molar-refractivity contribution >= 4 is 28.8 Å². The highest BCUT2D eigenvalue weighted by atomic mass is 16.5. The third-order valence-electron chi connectivity index (χ3n) is 5.65. The highest BCUT2D eigenvalue weighted by molar-refractivity contribution is 6.03. The molecule has 0 aliphatic carbocycles. The predicted octanol–water partition coefficient (Wildman–Crippen LogP) is 1.63. The van der Waals surface area contributed by atoms with Crippen molar-refractivity contribution < 1.29 is 14.3 Å². The number of nitrogens with zero attached hydrogens (tertiary/aromatic N) is 5. The van der Waals surface area contributed by atoms with Gasteiger partial charge in [-0.3, -0.25) is 24.5 Å². The summed E-state index contributed by atoms with van der Waals surface area (Å²) in [5.74, 6) is -0.343. The standard InChI is InChI=1S/C22H29N7O3/c1-3-29-19(13-15(2)26-29)21(31)25-22-24-17-14-16(20(23)30)5-6-18(17)28(22)8-4-7-27-9-11-32-12-10-27/h5-6,13-14H,3-4,7-12H2,1-2H3,(H2,23,30)(H,24,25,31). The van der Waals surface area contributed by atoms with Crippen molar-refractivity contribution in [3.05, 3.63) is 41.2 Å². The molecule has 0 atom stereocenters. The number of primary amides is 1. The Balaban J connectivity index is 1.60. The number of rotatable bonds is 8. The zero-order valence-electron chi connectivity index (χ0n) is 18.5. The summed E-state index contributed by atoms with van der Waals surface area (Å²) in [6, 6.07) is 6.93. The number of anilines is 1. The molecule has 1 fully saturated rings. The number of aryl methyl sites for hydroxylation is 3. The van der Waals surface area contributed by atoms with Crippen LogP contribution in [0.1, 0.15) is 39.9 Å². The topological polar surface area (TPSA) is 120 Å². The summed E-state index contributed by atoms with van der Waals surface area (Å²) in [7, 11) is 0. The number of hydrogen-bond acceptors (Lipinski definition) is 6. The van der Waals surface area contributed by atoms with Crippen LogP contribution in [0.25, 0.3) is 11.0 Å². The maximum absolute atomic E-state index is 13.0. The van der Waals surface area contributed by atoms with E-state index < -0.39 is 5.91 Å². The minimum Gasteiger partial charge on any atom is -0.379 e. The van der Waals surface area contributed by atoms with Crippen molar-refractivity contribution in [2.45, 2.75) is 33.4 Å². The molecule has 1 aromatic carbocycles. The van der Waals surface area contributed by atoms with E-state index >= 15 is 0 Å². The number of fused-ring (bicyclic) bond motifs is 1. The number of imidazole rings is 1. The first-order valence-electron chi connectivity index (χ1n) is 10.9. The lowest BCUT2D eigenvalue weighted by molar-refractivity contribution is 0.0370. The highest BCUT2D eigenvalue weighted by Gasteiger charge is 2.19. The van der Waals surface area contributed by atoms with Gasteiger partial charge in [-0.15, -0.1) is 0 Å². The van der Waals surface area contributed by atoms with E-state index in [-0.39, 0.29) is 5.91 Å². The molecule has 0 unspecified atom stereocenters. The molecule has 10 nitrogen and oxygen atoms in total. The monoisotopic (exact) mass is 439 g/mol. The molecule has 0 spiro atoms. The number of amides is 2. The molecule has 3 heterocycles. The van der Waals surface area contributed by atoms with Crippen molar-refractivity contribution in [1.29, 1.82) is 0 Å². The Kier molecular flexibility index (Phi) is 6.52. The number of carbonyl (C=O) groups is 2. The number of benzene rings is 1. The second-order valence-corrected chi connectivity index (χ2v) is 7.90. The van der Waals surface area contributed by atoms with Gasteiger partial charge in [0.2, 0.25) is 11.9 Å². The Hall–Kier alpha value is -3.24. The Morgan fingerprint density at radius 3 is 2.69 bits per heavy atom. The molecule has 3 aromatic rings. The Labute approximate surface area is 186 Å². The van der Waals surface area contributed by atoms with Gasteiger partial charge in [0, 0.05) is 38.3 Å². The van der Waals surface area contributed by atoms with Crippen LogP contribution in [0.5, 0.6) is 0 Å². The highest BCUT2D eigenvalue weighted by Crippen LogP contribution is 2.22. The summed E-state index contributed by atoms with van der Waals surface area (Å²) < 4.78 is 9.07. The molecule has 0 saturated carbocycles. The minimum absolute atomic E-state index is 0.271. The quantitative estimate of drug-likeness (QED) is 0.550. The van der Waals surface area contributed by atoms with E-state index in [4.69, 9.17) is 10.5 Å². The van der Waals surface area contributed by atoms with Crippen LogP contribution < -0.4 is 11.1 Å². The van der Waals surface area contributed by atoms with Crippen molar-refractivity contribution in [2.75, 3.05) is 38.2 Å². The molecule has 10 heteroatoms. The van der Waals surface area contributed by atoms with Crippen LogP contribution in [0.4, 0.5) is 5.95 Å². The number of morpholine rings is 1. The summed E-state index contributed by atoms with van der Waals surface area (Å²) in [4.78, 5) is 31.6. The molecule has 1 saturated heterocycles. The molecular formula is C22H29N7O3. The van der Waals surface area contributed by atoms with Gasteiger partial charge in [0.1, 0.15) is 5.69 Å². The normalized spacial score (nSPS) is 14.7. The van der Waals surface area contributed by atoms with Crippen LogP contribution in [-0.4, -0.2) is 68.9 Å². The van der Waals surface area contributed by atoms with Gasteiger partial charge < -0.3 is 15.0 Å². The van der Waals surface area contributed by atoms with Gasteiger partial charge in [-0.05, 0) is 44.5 Å². The van der Waals surface area contributed by atoms with E-state index in [1.54, 1.807) is 22.9 Å². The molecule has 0 radical (unpaired) electrons. The fraction of sp³-hybridized carbons (Fsp3) is 0.455. The van der Waals surface area contributed by atoms with E-state index in [1.165, 1.54) is 0 Å². The zero-order chi connectivity index (χ0) is 22.7. The molecule has 3 N–H and O–H groups in total. The van der Waals surface area contributed by atoms with Crippen LogP contribution in [0.3, 0.4) is 0 Å². The van der Waals surface area contributed by atoms with Crippen molar-refractivity contribution in [1.82, 2.24) is 24.2 Å². The second kappa shape index (κ2) is 9.49. The van der Waals surface area contributed by atoms with Crippen molar-refractivity contribution in [3.63, 3.8) is 0 Å². The Bertz CT molecular complexity index is 1130. The molecule has 1 aliphatic rings. The molecule has 170 valence electrons. The van der Waals surface area contributed by atoms with Crippen LogP contribution in [0.15, 0.2) is 24.3 Å². The molecule has 1 aliphatic heterocycles. The first-order chi connectivity index (χ1) is 15.5. The van der Waals surface area contributed by atoms with Gasteiger partial charge in [0.05, 0.1) is 29.9 Å². The Morgan fingerprint density at radius 1 is 1.19 bits per heavy atom. The summed E-state index contributed by atoms with van der Waals surface area (Å²) in [5, 5.41) is 7.29. The van der Waals surface area contributed by atoms with Crippen LogP contribution in [-0.2, 0) is 17.8 Å². The number of hydrogen-bond donors (Lipinski definition) is 2. The first-order valence-corrected chi connectivity index (χ1v) is 10.9. The van der Waals surface area contributed by atoms with Crippen LogP contribution >= 0.6 is 0 Å². The molecule has 0 bridgehead atoms. The van der Waals surface area contributed by atoms with Gasteiger partial charge in [-0.25, -0.2) is 4.98 Å². The SMILES string of the molecule is CCn1nc(C)cc1C(=O)Nc1nc2cc(C(N)=O)ccc2n1CCCN1CCOCC1. The number of nitrogens with one attached hydrogen (secondary N) is 1. The second-order valence-electron chi connectivity index (χ2n) is 7.90. The van der Waals surface area contributed by atoms with E-state index in [0.29, 0.717) is 35.8 Å². The molecule has 32 heavy (non-hydrogen) atoms. The maximum Gasteiger partial charge on any atom is 0.276 e. The van der Waals surface area contributed by atoms with E-state index in [2.05, 4.69) is 20.3 Å². The maximum atomic E-state index is 13.0. The number of carbonyl (C=O) groups excluding carboxylic acids is 2. The summed E-state index contributed by atoms with van der Waals surface area (Å²) >= 11 is 0. The predicted molar refractivity (Wildman–Crippen MR) is 121 cm³/mol. The van der Waals surface area contributed by atoms with Crippen molar-refractivity contribution in [2.24, 2.45) is 5.73 Å². The average Bonchev–Trinajstić information content (AvgIpc) is 3.33. The molecule has 2 aromatic heterocycles. The summed E-state index contributed by atoms with van der Waals surface area (Å²) in [5.41, 5.74) is 8.53. The van der Waals surface area contributed by atoms with Gasteiger partial charge >= 0.3 is 0 Å². The van der Waals surface area contributed by atoms with Gasteiger partial charge in [0.25, 0.3) is 5.91 Å². The summed E-state index contributed by atoms with van der Waals surface area (Å²) in [6.07, 6.45) is 0.887. The third-order valence-corrected chi connectivity index (χ3v) is 5.65. The van der Waals surface area contributed by atoms with E-state index in [1.807, 2.05) is 24.5 Å². The van der Waals surface area contributed by atoms with Gasteiger partial charge in [-0.1, -0.05) is 0 Å². The first kappa shape index (κ1) is 22.0. The van der Waals surface area contributed by atoms with Crippen LogP contribution in [0, 0.1) is 6.92 Å². The summed E-state index contributed by atoms with van der Waals surface area (Å²) in [6.45, 7) is 9.36. The zero-order valence-corrected chi connectivity index (χ0v) is 18.5. The smallest absolute Gasteiger partial charge is 0.276 e. The fourth-order valence-corrected chi connectivity index (χ4v) is 4.02.